The lowest BCUT2D eigenvalue weighted by molar-refractivity contribution is 0.255. The van der Waals surface area contributed by atoms with Crippen LogP contribution in [-0.2, 0) is 13.0 Å². The minimum absolute atomic E-state index is 0.304. The zero-order valence-electron chi connectivity index (χ0n) is 14.2. The molecule has 0 spiro atoms. The van der Waals surface area contributed by atoms with Crippen LogP contribution in [0.5, 0.6) is 0 Å². The second-order valence-corrected chi connectivity index (χ2v) is 8.59. The molecule has 0 bridgehead atoms. The highest BCUT2D eigenvalue weighted by Crippen LogP contribution is 2.43. The molecule has 2 N–H and O–H groups in total. The molecular formula is C21H23BrN2. The molecule has 1 aliphatic rings. The summed E-state index contributed by atoms with van der Waals surface area (Å²) in [5, 5.41) is 5.14. The summed E-state index contributed by atoms with van der Waals surface area (Å²) >= 11 is 3.62. The number of hydrogen-bond donors (Lipinski definition) is 2. The van der Waals surface area contributed by atoms with Gasteiger partial charge in [-0.2, -0.15) is 0 Å². The van der Waals surface area contributed by atoms with Gasteiger partial charge >= 0.3 is 0 Å². The van der Waals surface area contributed by atoms with Gasteiger partial charge in [0.05, 0.1) is 0 Å². The van der Waals surface area contributed by atoms with Crippen LogP contribution < -0.4 is 5.32 Å². The third kappa shape index (κ3) is 3.03. The van der Waals surface area contributed by atoms with E-state index in [9.17, 15) is 0 Å². The predicted octanol–water partition coefficient (Wildman–Crippen LogP) is 5.73. The second kappa shape index (κ2) is 6.05. The van der Waals surface area contributed by atoms with Gasteiger partial charge in [-0.3, -0.25) is 0 Å². The molecule has 1 heterocycles. The molecule has 0 aliphatic heterocycles. The third-order valence-electron chi connectivity index (χ3n) is 5.06. The molecule has 2 nitrogen and oxygen atoms in total. The molecule has 1 aliphatic carbocycles. The van der Waals surface area contributed by atoms with Crippen molar-refractivity contribution in [1.29, 1.82) is 0 Å². The van der Waals surface area contributed by atoms with E-state index in [2.05, 4.69) is 88.6 Å². The third-order valence-corrected chi connectivity index (χ3v) is 5.55. The fourth-order valence-corrected chi connectivity index (χ4v) is 4.31. The zero-order chi connectivity index (χ0) is 16.7. The lowest BCUT2D eigenvalue weighted by atomic mass is 9.73. The van der Waals surface area contributed by atoms with Crippen molar-refractivity contribution >= 4 is 26.8 Å². The minimum Gasteiger partial charge on any atom is -0.357 e. The summed E-state index contributed by atoms with van der Waals surface area (Å²) in [6.45, 7) is 5.66. The van der Waals surface area contributed by atoms with Crippen LogP contribution in [0.3, 0.4) is 0 Å². The Bertz CT molecular complexity index is 864. The van der Waals surface area contributed by atoms with Crippen molar-refractivity contribution in [3.05, 3.63) is 69.8 Å². The van der Waals surface area contributed by atoms with E-state index in [0.29, 0.717) is 11.5 Å². The van der Waals surface area contributed by atoms with Crippen LogP contribution in [0, 0.1) is 5.41 Å². The molecule has 1 atom stereocenters. The molecule has 3 aromatic rings. The Balaban J connectivity index is 1.70. The van der Waals surface area contributed by atoms with Gasteiger partial charge < -0.3 is 10.3 Å². The highest BCUT2D eigenvalue weighted by atomic mass is 79.9. The quantitative estimate of drug-likeness (QED) is 0.594. The maximum absolute atomic E-state index is 3.78. The summed E-state index contributed by atoms with van der Waals surface area (Å²) in [6, 6.07) is 17.6. The minimum atomic E-state index is 0.304. The van der Waals surface area contributed by atoms with Gasteiger partial charge in [0.2, 0.25) is 0 Å². The van der Waals surface area contributed by atoms with E-state index < -0.39 is 0 Å². The lowest BCUT2D eigenvalue weighted by Gasteiger charge is -2.36. The number of hydrogen-bond acceptors (Lipinski definition) is 1. The molecule has 2 aromatic carbocycles. The van der Waals surface area contributed by atoms with Crippen LogP contribution >= 0.6 is 15.9 Å². The molecule has 24 heavy (non-hydrogen) atoms. The van der Waals surface area contributed by atoms with Crippen molar-refractivity contribution in [2.45, 2.75) is 39.3 Å². The van der Waals surface area contributed by atoms with E-state index in [-0.39, 0.29) is 0 Å². The summed E-state index contributed by atoms with van der Waals surface area (Å²) < 4.78 is 1.15. The van der Waals surface area contributed by atoms with Crippen molar-refractivity contribution in [2.75, 3.05) is 0 Å². The van der Waals surface area contributed by atoms with Crippen LogP contribution in [0.15, 0.2) is 53.0 Å². The number of rotatable bonds is 3. The number of aromatic amines is 1. The molecule has 4 rings (SSSR count). The molecule has 1 unspecified atom stereocenters. The van der Waals surface area contributed by atoms with Gasteiger partial charge in [0, 0.05) is 33.7 Å². The van der Waals surface area contributed by atoms with Crippen LogP contribution in [-0.4, -0.2) is 4.98 Å². The SMILES string of the molecule is CC1(C)Cc2c([nH]c3ccc(Br)cc23)C(NCc2ccccc2)C1. The first kappa shape index (κ1) is 15.9. The molecule has 1 aromatic heterocycles. The van der Waals surface area contributed by atoms with Crippen LogP contribution in [0.2, 0.25) is 0 Å². The summed E-state index contributed by atoms with van der Waals surface area (Å²) in [6.07, 6.45) is 2.28. The van der Waals surface area contributed by atoms with Gasteiger partial charge in [-0.25, -0.2) is 0 Å². The summed E-state index contributed by atoms with van der Waals surface area (Å²) in [4.78, 5) is 3.68. The standard InChI is InChI=1S/C21H23BrN2/c1-21(2)11-17-16-10-15(22)8-9-18(16)24-20(17)19(12-21)23-13-14-6-4-3-5-7-14/h3-10,19,23-24H,11-13H2,1-2H3. The van der Waals surface area contributed by atoms with Crippen molar-refractivity contribution in [2.24, 2.45) is 5.41 Å². The Hall–Kier alpha value is -1.58. The summed E-state index contributed by atoms with van der Waals surface area (Å²) in [5.41, 5.74) is 5.74. The molecule has 124 valence electrons. The van der Waals surface area contributed by atoms with Gasteiger partial charge in [-0.15, -0.1) is 0 Å². The van der Waals surface area contributed by atoms with E-state index in [4.69, 9.17) is 0 Å². The molecule has 0 radical (unpaired) electrons. The molecule has 0 fully saturated rings. The van der Waals surface area contributed by atoms with Crippen molar-refractivity contribution in [3.63, 3.8) is 0 Å². The number of aromatic nitrogens is 1. The van der Waals surface area contributed by atoms with Crippen molar-refractivity contribution in [1.82, 2.24) is 10.3 Å². The first-order chi connectivity index (χ1) is 11.5. The Morgan fingerprint density at radius 2 is 1.96 bits per heavy atom. The number of fused-ring (bicyclic) bond motifs is 3. The van der Waals surface area contributed by atoms with E-state index in [1.165, 1.54) is 27.7 Å². The van der Waals surface area contributed by atoms with Gasteiger partial charge in [0.15, 0.2) is 0 Å². The maximum Gasteiger partial charge on any atom is 0.0483 e. The Morgan fingerprint density at radius 3 is 2.75 bits per heavy atom. The summed E-state index contributed by atoms with van der Waals surface area (Å²) in [7, 11) is 0. The molecule has 0 saturated heterocycles. The number of nitrogens with one attached hydrogen (secondary N) is 2. The molecule has 0 saturated carbocycles. The summed E-state index contributed by atoms with van der Waals surface area (Å²) in [5.74, 6) is 0. The second-order valence-electron chi connectivity index (χ2n) is 7.67. The van der Waals surface area contributed by atoms with Gasteiger partial charge in [0.25, 0.3) is 0 Å². The molecule has 0 amide bonds. The zero-order valence-corrected chi connectivity index (χ0v) is 15.8. The fourth-order valence-electron chi connectivity index (χ4n) is 3.95. The Morgan fingerprint density at radius 1 is 1.17 bits per heavy atom. The van der Waals surface area contributed by atoms with Crippen molar-refractivity contribution in [3.8, 4) is 0 Å². The normalized spacial score (nSPS) is 19.4. The van der Waals surface area contributed by atoms with E-state index in [1.807, 2.05) is 0 Å². The number of H-pyrrole nitrogens is 1. The van der Waals surface area contributed by atoms with Crippen molar-refractivity contribution < 1.29 is 0 Å². The largest absolute Gasteiger partial charge is 0.357 e. The van der Waals surface area contributed by atoms with Gasteiger partial charge in [-0.1, -0.05) is 60.1 Å². The van der Waals surface area contributed by atoms with Crippen LogP contribution in [0.1, 0.15) is 43.1 Å². The van der Waals surface area contributed by atoms with Crippen LogP contribution in [0.4, 0.5) is 0 Å². The first-order valence-corrected chi connectivity index (χ1v) is 9.38. The number of benzene rings is 2. The van der Waals surface area contributed by atoms with Gasteiger partial charge in [-0.05, 0) is 47.6 Å². The lowest BCUT2D eigenvalue weighted by Crippen LogP contribution is -2.33. The molecular weight excluding hydrogens is 360 g/mol. The van der Waals surface area contributed by atoms with E-state index in [0.717, 1.165) is 23.9 Å². The topological polar surface area (TPSA) is 27.8 Å². The predicted molar refractivity (Wildman–Crippen MR) is 104 cm³/mol. The highest BCUT2D eigenvalue weighted by Gasteiger charge is 2.34. The average molecular weight is 383 g/mol. The number of halogens is 1. The first-order valence-electron chi connectivity index (χ1n) is 8.59. The van der Waals surface area contributed by atoms with Gasteiger partial charge in [0.1, 0.15) is 0 Å². The van der Waals surface area contributed by atoms with E-state index in [1.54, 1.807) is 0 Å². The van der Waals surface area contributed by atoms with Crippen LogP contribution in [0.25, 0.3) is 10.9 Å². The average Bonchev–Trinajstić information content (AvgIpc) is 2.90. The maximum atomic E-state index is 3.78. The smallest absolute Gasteiger partial charge is 0.0483 e. The van der Waals surface area contributed by atoms with E-state index >= 15 is 0 Å². The monoisotopic (exact) mass is 382 g/mol. The Kier molecular flexibility index (Phi) is 4.01. The fraction of sp³-hybridized carbons (Fsp3) is 0.333. The Labute approximate surface area is 151 Å². The molecule has 3 heteroatoms. The highest BCUT2D eigenvalue weighted by molar-refractivity contribution is 9.10.